The van der Waals surface area contributed by atoms with Crippen molar-refractivity contribution in [2.75, 3.05) is 6.54 Å². The molecule has 1 atom stereocenters. The van der Waals surface area contributed by atoms with E-state index < -0.39 is 0 Å². The standard InChI is InChI=1S/C18H27N3OS/c1-14-12-18(2,3)20-17(23)21(14)11-7-10-16(22)19-13-15-8-5-4-6-9-15/h4-6,8-9,14H,7,10-13H2,1-3H3,(H,19,22)(H,20,23)/t14-/m0/s1. The number of nitrogens with one attached hydrogen (secondary N) is 2. The molecule has 0 bridgehead atoms. The van der Waals surface area contributed by atoms with Gasteiger partial charge in [0.05, 0.1) is 0 Å². The van der Waals surface area contributed by atoms with Crippen molar-refractivity contribution in [1.29, 1.82) is 0 Å². The summed E-state index contributed by atoms with van der Waals surface area (Å²) in [7, 11) is 0. The van der Waals surface area contributed by atoms with Gasteiger partial charge in [-0.1, -0.05) is 30.3 Å². The van der Waals surface area contributed by atoms with Crippen LogP contribution in [-0.2, 0) is 11.3 Å². The molecule has 1 aromatic carbocycles. The maximum atomic E-state index is 11.9. The number of carbonyl (C=O) groups is 1. The molecule has 0 unspecified atom stereocenters. The Morgan fingerprint density at radius 1 is 1.39 bits per heavy atom. The number of rotatable bonds is 6. The zero-order chi connectivity index (χ0) is 16.9. The molecule has 2 rings (SSSR count). The van der Waals surface area contributed by atoms with E-state index in [1.54, 1.807) is 0 Å². The first-order valence-electron chi connectivity index (χ1n) is 8.27. The second-order valence-electron chi connectivity index (χ2n) is 6.93. The van der Waals surface area contributed by atoms with Gasteiger partial charge < -0.3 is 15.5 Å². The van der Waals surface area contributed by atoms with Crippen LogP contribution in [0.3, 0.4) is 0 Å². The second-order valence-corrected chi connectivity index (χ2v) is 7.31. The van der Waals surface area contributed by atoms with Crippen LogP contribution >= 0.6 is 12.2 Å². The summed E-state index contributed by atoms with van der Waals surface area (Å²) in [5, 5.41) is 7.15. The molecule has 0 aliphatic carbocycles. The molecule has 4 nitrogen and oxygen atoms in total. The molecule has 0 aromatic heterocycles. The molecule has 1 aliphatic heterocycles. The number of carbonyl (C=O) groups excluding carboxylic acids is 1. The Morgan fingerprint density at radius 2 is 2.09 bits per heavy atom. The van der Waals surface area contributed by atoms with Crippen molar-refractivity contribution < 1.29 is 4.79 Å². The molecule has 126 valence electrons. The van der Waals surface area contributed by atoms with E-state index in [0.717, 1.165) is 30.1 Å². The fourth-order valence-corrected chi connectivity index (χ4v) is 3.63. The maximum Gasteiger partial charge on any atom is 0.220 e. The van der Waals surface area contributed by atoms with Crippen LogP contribution < -0.4 is 10.6 Å². The van der Waals surface area contributed by atoms with Gasteiger partial charge in [-0.3, -0.25) is 4.79 Å². The summed E-state index contributed by atoms with van der Waals surface area (Å²) in [5.74, 6) is 0.0951. The summed E-state index contributed by atoms with van der Waals surface area (Å²) in [6.45, 7) is 7.95. The van der Waals surface area contributed by atoms with E-state index in [0.29, 0.717) is 19.0 Å². The molecule has 5 heteroatoms. The van der Waals surface area contributed by atoms with E-state index in [-0.39, 0.29) is 11.4 Å². The zero-order valence-electron chi connectivity index (χ0n) is 14.3. The molecule has 1 amide bonds. The van der Waals surface area contributed by atoms with Gasteiger partial charge >= 0.3 is 0 Å². The predicted molar refractivity (Wildman–Crippen MR) is 98.1 cm³/mol. The van der Waals surface area contributed by atoms with E-state index in [2.05, 4.69) is 36.3 Å². The molecule has 1 aliphatic rings. The average Bonchev–Trinajstić information content (AvgIpc) is 2.48. The molecular formula is C18H27N3OS. The van der Waals surface area contributed by atoms with Gasteiger partial charge in [0.25, 0.3) is 0 Å². The van der Waals surface area contributed by atoms with Gasteiger partial charge in [-0.15, -0.1) is 0 Å². The van der Waals surface area contributed by atoms with E-state index >= 15 is 0 Å². The highest BCUT2D eigenvalue weighted by Gasteiger charge is 2.32. The Kier molecular flexibility index (Phi) is 5.99. The SMILES string of the molecule is C[C@H]1CC(C)(C)NC(=S)N1CCCC(=O)NCc1ccccc1. The monoisotopic (exact) mass is 333 g/mol. The first kappa shape index (κ1) is 17.7. The van der Waals surface area contributed by atoms with E-state index in [1.807, 2.05) is 30.3 Å². The summed E-state index contributed by atoms with van der Waals surface area (Å²) < 4.78 is 0. The van der Waals surface area contributed by atoms with Crippen molar-refractivity contribution in [3.8, 4) is 0 Å². The molecule has 1 heterocycles. The fraction of sp³-hybridized carbons (Fsp3) is 0.556. The topological polar surface area (TPSA) is 44.4 Å². The Bertz CT molecular complexity index is 544. The van der Waals surface area contributed by atoms with Crippen molar-refractivity contribution in [1.82, 2.24) is 15.5 Å². The van der Waals surface area contributed by atoms with Crippen molar-refractivity contribution in [2.24, 2.45) is 0 Å². The lowest BCUT2D eigenvalue weighted by atomic mass is 9.93. The molecule has 0 spiro atoms. The summed E-state index contributed by atoms with van der Waals surface area (Å²) in [6.07, 6.45) is 2.39. The quantitative estimate of drug-likeness (QED) is 0.786. The minimum Gasteiger partial charge on any atom is -0.358 e. The number of hydrogen-bond acceptors (Lipinski definition) is 2. The van der Waals surface area contributed by atoms with Crippen LogP contribution in [0.25, 0.3) is 0 Å². The fourth-order valence-electron chi connectivity index (χ4n) is 3.08. The third-order valence-corrected chi connectivity index (χ3v) is 4.52. The van der Waals surface area contributed by atoms with E-state index in [1.165, 1.54) is 0 Å². The van der Waals surface area contributed by atoms with Crippen LogP contribution in [-0.4, -0.2) is 34.0 Å². The van der Waals surface area contributed by atoms with Crippen LogP contribution in [0.4, 0.5) is 0 Å². The minimum absolute atomic E-state index is 0.0556. The van der Waals surface area contributed by atoms with Gasteiger partial charge in [0, 0.05) is 31.1 Å². The zero-order valence-corrected chi connectivity index (χ0v) is 15.1. The van der Waals surface area contributed by atoms with Gasteiger partial charge in [0.15, 0.2) is 5.11 Å². The highest BCUT2D eigenvalue weighted by atomic mass is 32.1. The van der Waals surface area contributed by atoms with E-state index in [4.69, 9.17) is 12.2 Å². The van der Waals surface area contributed by atoms with Crippen LogP contribution in [0.1, 0.15) is 45.6 Å². The smallest absolute Gasteiger partial charge is 0.220 e. The van der Waals surface area contributed by atoms with Crippen LogP contribution in [0, 0.1) is 0 Å². The van der Waals surface area contributed by atoms with Crippen molar-refractivity contribution >= 4 is 23.2 Å². The molecule has 0 saturated carbocycles. The average molecular weight is 334 g/mol. The first-order chi connectivity index (χ1) is 10.9. The van der Waals surface area contributed by atoms with Gasteiger partial charge in [0.1, 0.15) is 0 Å². The third kappa shape index (κ3) is 5.50. The number of hydrogen-bond donors (Lipinski definition) is 2. The number of amides is 1. The van der Waals surface area contributed by atoms with Crippen molar-refractivity contribution in [3.63, 3.8) is 0 Å². The number of nitrogens with zero attached hydrogens (tertiary/aromatic N) is 1. The Hall–Kier alpha value is -1.62. The molecule has 23 heavy (non-hydrogen) atoms. The second kappa shape index (κ2) is 7.77. The molecule has 0 radical (unpaired) electrons. The Morgan fingerprint density at radius 3 is 2.74 bits per heavy atom. The van der Waals surface area contributed by atoms with Crippen LogP contribution in [0.15, 0.2) is 30.3 Å². The Labute approximate surface area is 144 Å². The lowest BCUT2D eigenvalue weighted by Crippen LogP contribution is -2.60. The van der Waals surface area contributed by atoms with E-state index in [9.17, 15) is 4.79 Å². The van der Waals surface area contributed by atoms with Crippen LogP contribution in [0.2, 0.25) is 0 Å². The number of thiocarbonyl (C=S) groups is 1. The van der Waals surface area contributed by atoms with Crippen LogP contribution in [0.5, 0.6) is 0 Å². The largest absolute Gasteiger partial charge is 0.358 e. The first-order valence-corrected chi connectivity index (χ1v) is 8.68. The summed E-state index contributed by atoms with van der Waals surface area (Å²) in [4.78, 5) is 14.1. The normalized spacial score (nSPS) is 20.0. The van der Waals surface area contributed by atoms with Gasteiger partial charge in [-0.25, -0.2) is 0 Å². The highest BCUT2D eigenvalue weighted by molar-refractivity contribution is 7.80. The summed E-state index contributed by atoms with van der Waals surface area (Å²) >= 11 is 5.46. The molecule has 2 N–H and O–H groups in total. The third-order valence-electron chi connectivity index (χ3n) is 4.18. The van der Waals surface area contributed by atoms with Gasteiger partial charge in [-0.05, 0) is 51.4 Å². The van der Waals surface area contributed by atoms with Crippen molar-refractivity contribution in [2.45, 2.75) is 58.2 Å². The molecule has 1 aromatic rings. The lowest BCUT2D eigenvalue weighted by molar-refractivity contribution is -0.121. The summed E-state index contributed by atoms with van der Waals surface area (Å²) in [6, 6.07) is 10.4. The molecule has 1 saturated heterocycles. The maximum absolute atomic E-state index is 11.9. The molecule has 1 fully saturated rings. The minimum atomic E-state index is 0.0556. The van der Waals surface area contributed by atoms with Crippen molar-refractivity contribution in [3.05, 3.63) is 35.9 Å². The van der Waals surface area contributed by atoms with Gasteiger partial charge in [-0.2, -0.15) is 0 Å². The highest BCUT2D eigenvalue weighted by Crippen LogP contribution is 2.22. The van der Waals surface area contributed by atoms with Gasteiger partial charge in [0.2, 0.25) is 5.91 Å². The molecular weight excluding hydrogens is 306 g/mol. The predicted octanol–water partition coefficient (Wildman–Crippen LogP) is 2.83. The lowest BCUT2D eigenvalue weighted by Gasteiger charge is -2.44. The number of benzene rings is 1. The Balaban J connectivity index is 1.70. The summed E-state index contributed by atoms with van der Waals surface area (Å²) in [5.41, 5.74) is 1.18.